The topological polar surface area (TPSA) is 67.6 Å². The fourth-order valence-corrected chi connectivity index (χ4v) is 2.00. The SMILES string of the molecule is CCCCCCCSc1n[nH]c(N)n1. The monoisotopic (exact) mass is 214 g/mol. The number of rotatable bonds is 7. The lowest BCUT2D eigenvalue weighted by molar-refractivity contribution is 0.659. The summed E-state index contributed by atoms with van der Waals surface area (Å²) in [6.45, 7) is 2.23. The number of nitrogens with one attached hydrogen (secondary N) is 1. The number of H-pyrrole nitrogens is 1. The van der Waals surface area contributed by atoms with Crippen molar-refractivity contribution in [2.45, 2.75) is 44.2 Å². The van der Waals surface area contributed by atoms with Gasteiger partial charge < -0.3 is 5.73 Å². The van der Waals surface area contributed by atoms with Gasteiger partial charge in [0.1, 0.15) is 0 Å². The van der Waals surface area contributed by atoms with Crippen molar-refractivity contribution in [3.63, 3.8) is 0 Å². The van der Waals surface area contributed by atoms with E-state index in [9.17, 15) is 0 Å². The van der Waals surface area contributed by atoms with E-state index in [0.717, 1.165) is 10.9 Å². The zero-order chi connectivity index (χ0) is 10.2. The van der Waals surface area contributed by atoms with Crippen LogP contribution in [0.3, 0.4) is 0 Å². The number of anilines is 1. The number of aromatic amines is 1. The minimum Gasteiger partial charge on any atom is -0.368 e. The van der Waals surface area contributed by atoms with Crippen LogP contribution in [0.15, 0.2) is 5.16 Å². The van der Waals surface area contributed by atoms with Crippen molar-refractivity contribution in [3.8, 4) is 0 Å². The van der Waals surface area contributed by atoms with Gasteiger partial charge in [-0.1, -0.05) is 44.4 Å². The number of thioether (sulfide) groups is 1. The second-order valence-electron chi connectivity index (χ2n) is 3.27. The summed E-state index contributed by atoms with van der Waals surface area (Å²) in [5.74, 6) is 1.49. The van der Waals surface area contributed by atoms with Crippen LogP contribution in [0.1, 0.15) is 39.0 Å². The molecule has 0 radical (unpaired) electrons. The van der Waals surface area contributed by atoms with Gasteiger partial charge in [-0.05, 0) is 6.42 Å². The lowest BCUT2D eigenvalue weighted by Gasteiger charge is -1.97. The maximum atomic E-state index is 5.41. The number of nitrogen functional groups attached to an aromatic ring is 1. The molecule has 1 aromatic rings. The molecule has 0 bridgehead atoms. The van der Waals surface area contributed by atoms with Gasteiger partial charge >= 0.3 is 0 Å². The number of nitrogens with two attached hydrogens (primary N) is 1. The molecule has 1 heterocycles. The summed E-state index contributed by atoms with van der Waals surface area (Å²) in [4.78, 5) is 4.02. The van der Waals surface area contributed by atoms with Gasteiger partial charge in [0.25, 0.3) is 0 Å². The van der Waals surface area contributed by atoms with Crippen LogP contribution in [-0.2, 0) is 0 Å². The fourth-order valence-electron chi connectivity index (χ4n) is 1.19. The number of nitrogens with zero attached hydrogens (tertiary/aromatic N) is 2. The van der Waals surface area contributed by atoms with E-state index in [1.807, 2.05) is 0 Å². The minimum atomic E-state index is 0.401. The van der Waals surface area contributed by atoms with E-state index in [2.05, 4.69) is 22.1 Å². The van der Waals surface area contributed by atoms with E-state index in [0.29, 0.717) is 5.95 Å². The first-order valence-corrected chi connectivity index (χ1v) is 6.12. The quantitative estimate of drug-likeness (QED) is 0.540. The first-order chi connectivity index (χ1) is 6.83. The standard InChI is InChI=1S/C9H18N4S/c1-2-3-4-5-6-7-14-9-11-8(10)12-13-9/h2-7H2,1H3,(H3,10,11,12,13). The van der Waals surface area contributed by atoms with Crippen LogP contribution in [0.25, 0.3) is 0 Å². The number of aromatic nitrogens is 3. The van der Waals surface area contributed by atoms with E-state index < -0.39 is 0 Å². The highest BCUT2D eigenvalue weighted by Gasteiger charge is 1.99. The third kappa shape index (κ3) is 4.50. The van der Waals surface area contributed by atoms with Crippen LogP contribution in [0.4, 0.5) is 5.95 Å². The molecule has 80 valence electrons. The lowest BCUT2D eigenvalue weighted by Crippen LogP contribution is -1.85. The Morgan fingerprint density at radius 1 is 1.29 bits per heavy atom. The Bertz CT molecular complexity index is 249. The van der Waals surface area contributed by atoms with E-state index in [1.54, 1.807) is 11.8 Å². The Morgan fingerprint density at radius 2 is 2.07 bits per heavy atom. The van der Waals surface area contributed by atoms with Crippen molar-refractivity contribution in [3.05, 3.63) is 0 Å². The molecule has 0 saturated carbocycles. The van der Waals surface area contributed by atoms with E-state index in [-0.39, 0.29) is 0 Å². The molecule has 0 spiro atoms. The molecular weight excluding hydrogens is 196 g/mol. The zero-order valence-corrected chi connectivity index (χ0v) is 9.44. The molecule has 0 fully saturated rings. The van der Waals surface area contributed by atoms with Crippen LogP contribution in [0, 0.1) is 0 Å². The first kappa shape index (κ1) is 11.4. The molecule has 0 aliphatic heterocycles. The molecule has 3 N–H and O–H groups in total. The van der Waals surface area contributed by atoms with Crippen molar-refractivity contribution in [1.82, 2.24) is 15.2 Å². The molecule has 1 rings (SSSR count). The van der Waals surface area contributed by atoms with E-state index in [4.69, 9.17) is 5.73 Å². The van der Waals surface area contributed by atoms with E-state index >= 15 is 0 Å². The summed E-state index contributed by atoms with van der Waals surface area (Å²) in [5.41, 5.74) is 5.41. The first-order valence-electron chi connectivity index (χ1n) is 5.13. The molecule has 0 saturated heterocycles. The van der Waals surface area contributed by atoms with Crippen molar-refractivity contribution < 1.29 is 0 Å². The molecule has 0 aliphatic carbocycles. The molecule has 0 atom stereocenters. The molecule has 0 aliphatic rings. The number of hydrogen-bond acceptors (Lipinski definition) is 4. The van der Waals surface area contributed by atoms with Crippen molar-refractivity contribution >= 4 is 17.7 Å². The Hall–Kier alpha value is -0.710. The van der Waals surface area contributed by atoms with Gasteiger partial charge in [-0.2, -0.15) is 4.98 Å². The zero-order valence-electron chi connectivity index (χ0n) is 8.62. The summed E-state index contributed by atoms with van der Waals surface area (Å²) < 4.78 is 0. The minimum absolute atomic E-state index is 0.401. The highest BCUT2D eigenvalue weighted by molar-refractivity contribution is 7.99. The normalized spacial score (nSPS) is 10.6. The number of hydrogen-bond donors (Lipinski definition) is 2. The van der Waals surface area contributed by atoms with Crippen LogP contribution in [0.5, 0.6) is 0 Å². The Morgan fingerprint density at radius 3 is 2.71 bits per heavy atom. The van der Waals surface area contributed by atoms with Crippen LogP contribution < -0.4 is 5.73 Å². The summed E-state index contributed by atoms with van der Waals surface area (Å²) in [6.07, 6.45) is 6.52. The molecule has 0 amide bonds. The van der Waals surface area contributed by atoms with Crippen molar-refractivity contribution in [1.29, 1.82) is 0 Å². The predicted octanol–water partition coefficient (Wildman–Crippen LogP) is 2.45. The summed E-state index contributed by atoms with van der Waals surface area (Å²) in [5, 5.41) is 7.34. The molecule has 4 nitrogen and oxygen atoms in total. The van der Waals surface area contributed by atoms with Gasteiger partial charge in [0.2, 0.25) is 11.1 Å². The smallest absolute Gasteiger partial charge is 0.216 e. The molecule has 1 aromatic heterocycles. The third-order valence-corrected chi connectivity index (χ3v) is 2.89. The summed E-state index contributed by atoms with van der Waals surface area (Å²) >= 11 is 1.67. The Balaban J connectivity index is 1.99. The maximum absolute atomic E-state index is 5.41. The van der Waals surface area contributed by atoms with Crippen molar-refractivity contribution in [2.24, 2.45) is 0 Å². The molecule has 0 unspecified atom stereocenters. The molecule has 5 heteroatoms. The van der Waals surface area contributed by atoms with Gasteiger partial charge in [0, 0.05) is 5.75 Å². The second-order valence-corrected chi connectivity index (χ2v) is 4.33. The summed E-state index contributed by atoms with van der Waals surface area (Å²) in [7, 11) is 0. The highest BCUT2D eigenvalue weighted by Crippen LogP contribution is 2.15. The Labute approximate surface area is 89.1 Å². The predicted molar refractivity (Wildman–Crippen MR) is 60.3 cm³/mol. The molecule has 0 aromatic carbocycles. The second kappa shape index (κ2) is 6.70. The van der Waals surface area contributed by atoms with E-state index in [1.165, 1.54) is 32.1 Å². The van der Waals surface area contributed by atoms with Crippen LogP contribution in [-0.4, -0.2) is 20.9 Å². The maximum Gasteiger partial charge on any atom is 0.216 e. The third-order valence-electron chi connectivity index (χ3n) is 1.96. The number of unbranched alkanes of at least 4 members (excludes halogenated alkanes) is 4. The molecular formula is C9H18N4S. The highest BCUT2D eigenvalue weighted by atomic mass is 32.2. The van der Waals surface area contributed by atoms with Crippen LogP contribution >= 0.6 is 11.8 Å². The average molecular weight is 214 g/mol. The fraction of sp³-hybridized carbons (Fsp3) is 0.778. The summed E-state index contributed by atoms with van der Waals surface area (Å²) in [6, 6.07) is 0. The van der Waals surface area contributed by atoms with Gasteiger partial charge in [-0.25, -0.2) is 5.10 Å². The lowest BCUT2D eigenvalue weighted by atomic mass is 10.2. The van der Waals surface area contributed by atoms with Gasteiger partial charge in [-0.15, -0.1) is 5.10 Å². The van der Waals surface area contributed by atoms with Crippen LogP contribution in [0.2, 0.25) is 0 Å². The van der Waals surface area contributed by atoms with Gasteiger partial charge in [-0.3, -0.25) is 0 Å². The molecule has 14 heavy (non-hydrogen) atoms. The average Bonchev–Trinajstić information content (AvgIpc) is 2.58. The van der Waals surface area contributed by atoms with Crippen molar-refractivity contribution in [2.75, 3.05) is 11.5 Å². The largest absolute Gasteiger partial charge is 0.368 e. The van der Waals surface area contributed by atoms with Gasteiger partial charge in [0.05, 0.1) is 0 Å². The Kier molecular flexibility index (Phi) is 5.44. The van der Waals surface area contributed by atoms with Gasteiger partial charge in [0.15, 0.2) is 0 Å².